The number of anilines is 1. The zero-order valence-corrected chi connectivity index (χ0v) is 19.8. The van der Waals surface area contributed by atoms with Crippen LogP contribution in [0.5, 0.6) is 11.5 Å². The summed E-state index contributed by atoms with van der Waals surface area (Å²) in [4.78, 5) is 30.7. The summed E-state index contributed by atoms with van der Waals surface area (Å²) in [6, 6.07) is 9.92. The fourth-order valence-corrected chi connectivity index (χ4v) is 3.81. The number of hydrogen-bond acceptors (Lipinski definition) is 5. The van der Waals surface area contributed by atoms with Crippen molar-refractivity contribution in [1.82, 2.24) is 14.3 Å². The number of benzene rings is 2. The van der Waals surface area contributed by atoms with Crippen molar-refractivity contribution < 1.29 is 31.8 Å². The van der Waals surface area contributed by atoms with Gasteiger partial charge in [0, 0.05) is 30.9 Å². The van der Waals surface area contributed by atoms with Crippen molar-refractivity contribution in [3.63, 3.8) is 0 Å². The Hall–Kier alpha value is -4.61. The molecule has 1 N–H and O–H groups in total. The van der Waals surface area contributed by atoms with Gasteiger partial charge in [0.15, 0.2) is 5.82 Å². The average molecular weight is 516 g/mol. The minimum Gasteiger partial charge on any atom is -0.497 e. The number of alkyl halides is 2. The largest absolute Gasteiger partial charge is 0.497 e. The van der Waals surface area contributed by atoms with Gasteiger partial charge < -0.3 is 14.8 Å². The van der Waals surface area contributed by atoms with Gasteiger partial charge in [-0.25, -0.2) is 13.8 Å². The van der Waals surface area contributed by atoms with Crippen LogP contribution in [0.15, 0.2) is 59.5 Å². The molecule has 4 rings (SSSR count). The zero-order chi connectivity index (χ0) is 26.9. The number of hydrogen-bond donors (Lipinski definition) is 1. The van der Waals surface area contributed by atoms with E-state index in [1.54, 1.807) is 19.1 Å². The molecule has 0 fully saturated rings. The Morgan fingerprint density at radius 1 is 1.05 bits per heavy atom. The molecular weight excluding hydrogens is 496 g/mol. The van der Waals surface area contributed by atoms with Crippen LogP contribution in [0.25, 0.3) is 17.1 Å². The SMILES string of the molecule is COc1cc(F)c(-c2c(NC(=O)c3ccc(OC(F)F)cc3)c(=O)n(-c3ncccc3C)n2C)c(F)c1. The molecule has 4 aromatic rings. The number of nitrogens with one attached hydrogen (secondary N) is 1. The highest BCUT2D eigenvalue weighted by Crippen LogP contribution is 2.34. The zero-order valence-electron chi connectivity index (χ0n) is 19.8. The lowest BCUT2D eigenvalue weighted by Crippen LogP contribution is -2.24. The maximum absolute atomic E-state index is 15.1. The third-order valence-corrected chi connectivity index (χ3v) is 5.52. The van der Waals surface area contributed by atoms with E-state index in [4.69, 9.17) is 4.74 Å². The minimum absolute atomic E-state index is 0.0212. The summed E-state index contributed by atoms with van der Waals surface area (Å²) in [5, 5.41) is 2.41. The molecule has 0 aliphatic carbocycles. The smallest absolute Gasteiger partial charge is 0.387 e. The molecule has 1 amide bonds. The van der Waals surface area contributed by atoms with Crippen LogP contribution >= 0.6 is 0 Å². The Morgan fingerprint density at radius 3 is 2.27 bits per heavy atom. The first-order valence-electron chi connectivity index (χ1n) is 10.8. The van der Waals surface area contributed by atoms with E-state index in [1.807, 2.05) is 0 Å². The molecule has 8 nitrogen and oxygen atoms in total. The number of amides is 1. The van der Waals surface area contributed by atoms with Crippen molar-refractivity contribution in [3.05, 3.63) is 87.8 Å². The topological polar surface area (TPSA) is 87.4 Å². The highest BCUT2D eigenvalue weighted by Gasteiger charge is 2.28. The molecule has 0 aliphatic rings. The monoisotopic (exact) mass is 516 g/mol. The number of methoxy groups -OCH3 is 1. The molecule has 2 aromatic heterocycles. The predicted molar refractivity (Wildman–Crippen MR) is 126 cm³/mol. The molecule has 0 radical (unpaired) electrons. The van der Waals surface area contributed by atoms with Crippen molar-refractivity contribution in [1.29, 1.82) is 0 Å². The maximum atomic E-state index is 15.1. The van der Waals surface area contributed by atoms with Crippen LogP contribution in [0.4, 0.5) is 23.2 Å². The predicted octanol–water partition coefficient (Wildman–Crippen LogP) is 4.69. The van der Waals surface area contributed by atoms with Crippen LogP contribution in [0.2, 0.25) is 0 Å². The van der Waals surface area contributed by atoms with Gasteiger partial charge in [-0.2, -0.15) is 13.5 Å². The summed E-state index contributed by atoms with van der Waals surface area (Å²) in [6.45, 7) is -1.36. The van der Waals surface area contributed by atoms with Crippen LogP contribution in [-0.2, 0) is 7.05 Å². The second-order valence-electron chi connectivity index (χ2n) is 7.83. The quantitative estimate of drug-likeness (QED) is 0.361. The number of nitrogens with zero attached hydrogens (tertiary/aromatic N) is 3. The number of pyridine rings is 1. The van der Waals surface area contributed by atoms with Crippen LogP contribution in [-0.4, -0.2) is 34.0 Å². The number of ether oxygens (including phenoxy) is 2. The first-order valence-corrected chi connectivity index (χ1v) is 10.8. The standard InChI is InChI=1S/C25H20F4N4O4/c1-13-5-4-10-30-22(13)33-24(35)20(31-23(34)14-6-8-15(9-7-14)37-25(28)29)21(32(33)2)19-17(26)11-16(36-3)12-18(19)27/h4-12,25H,1-3H3,(H,31,34). The molecule has 0 atom stereocenters. The van der Waals surface area contributed by atoms with Gasteiger partial charge in [-0.3, -0.25) is 14.3 Å². The number of aryl methyl sites for hydroxylation is 1. The van der Waals surface area contributed by atoms with Crippen LogP contribution < -0.4 is 20.3 Å². The minimum atomic E-state index is -3.05. The Morgan fingerprint density at radius 2 is 1.70 bits per heavy atom. The van der Waals surface area contributed by atoms with Gasteiger partial charge in [0.2, 0.25) is 0 Å². The van der Waals surface area contributed by atoms with Gasteiger partial charge in [0.05, 0.1) is 12.7 Å². The molecular formula is C25H20F4N4O4. The molecule has 2 aromatic carbocycles. The van der Waals surface area contributed by atoms with Crippen molar-refractivity contribution in [2.75, 3.05) is 12.4 Å². The van der Waals surface area contributed by atoms with Gasteiger partial charge in [-0.1, -0.05) is 6.07 Å². The van der Waals surface area contributed by atoms with Gasteiger partial charge >= 0.3 is 6.61 Å². The summed E-state index contributed by atoms with van der Waals surface area (Å²) in [5.41, 5.74) is -1.51. The van der Waals surface area contributed by atoms with Crippen molar-refractivity contribution >= 4 is 11.6 Å². The lowest BCUT2D eigenvalue weighted by Gasteiger charge is -2.13. The molecule has 0 unspecified atom stereocenters. The van der Waals surface area contributed by atoms with E-state index >= 15 is 8.78 Å². The molecule has 0 saturated heterocycles. The molecule has 2 heterocycles. The number of halogens is 4. The molecule has 37 heavy (non-hydrogen) atoms. The van der Waals surface area contributed by atoms with Gasteiger partial charge in [0.1, 0.15) is 34.5 Å². The van der Waals surface area contributed by atoms with Gasteiger partial charge in [-0.05, 0) is 42.8 Å². The number of carbonyl (C=O) groups excluding carboxylic acids is 1. The average Bonchev–Trinajstić information content (AvgIpc) is 3.08. The van der Waals surface area contributed by atoms with E-state index in [-0.39, 0.29) is 28.6 Å². The summed E-state index contributed by atoms with van der Waals surface area (Å²) < 4.78 is 66.5. The van der Waals surface area contributed by atoms with E-state index in [2.05, 4.69) is 15.0 Å². The normalized spacial score (nSPS) is 11.0. The summed E-state index contributed by atoms with van der Waals surface area (Å²) in [5.74, 6) is -2.98. The van der Waals surface area contributed by atoms with Crippen LogP contribution in [0, 0.1) is 18.6 Å². The van der Waals surface area contributed by atoms with E-state index < -0.39 is 41.0 Å². The van der Waals surface area contributed by atoms with Crippen LogP contribution in [0.1, 0.15) is 15.9 Å². The van der Waals surface area contributed by atoms with E-state index in [0.717, 1.165) is 28.9 Å². The first-order chi connectivity index (χ1) is 17.6. The Kier molecular flexibility index (Phi) is 7.00. The summed E-state index contributed by atoms with van der Waals surface area (Å²) in [6.07, 6.45) is 1.44. The van der Waals surface area contributed by atoms with E-state index in [9.17, 15) is 18.4 Å². The van der Waals surface area contributed by atoms with Gasteiger partial charge in [0.25, 0.3) is 11.5 Å². The molecule has 0 spiro atoms. The third kappa shape index (κ3) is 4.90. The number of rotatable bonds is 7. The van der Waals surface area contributed by atoms with E-state index in [1.165, 1.54) is 37.2 Å². The van der Waals surface area contributed by atoms with Crippen molar-refractivity contribution in [2.24, 2.45) is 7.05 Å². The molecule has 0 aliphatic heterocycles. The Bertz CT molecular complexity index is 1510. The van der Waals surface area contributed by atoms with Crippen molar-refractivity contribution in [2.45, 2.75) is 13.5 Å². The van der Waals surface area contributed by atoms with Gasteiger partial charge in [-0.15, -0.1) is 0 Å². The number of carbonyl (C=O) groups is 1. The van der Waals surface area contributed by atoms with Crippen molar-refractivity contribution in [3.8, 4) is 28.6 Å². The highest BCUT2D eigenvalue weighted by atomic mass is 19.3. The van der Waals surface area contributed by atoms with E-state index in [0.29, 0.717) is 5.56 Å². The fourth-order valence-electron chi connectivity index (χ4n) is 3.81. The Labute approximate surface area is 207 Å². The maximum Gasteiger partial charge on any atom is 0.387 e. The number of aromatic nitrogens is 3. The second kappa shape index (κ2) is 10.2. The second-order valence-corrected chi connectivity index (χ2v) is 7.83. The Balaban J connectivity index is 1.88. The molecule has 192 valence electrons. The first kappa shape index (κ1) is 25.5. The molecule has 12 heteroatoms. The lowest BCUT2D eigenvalue weighted by molar-refractivity contribution is -0.0498. The summed E-state index contributed by atoms with van der Waals surface area (Å²) in [7, 11) is 2.63. The third-order valence-electron chi connectivity index (χ3n) is 5.52. The molecule has 0 bridgehead atoms. The summed E-state index contributed by atoms with van der Waals surface area (Å²) >= 11 is 0. The van der Waals surface area contributed by atoms with Crippen LogP contribution in [0.3, 0.4) is 0 Å². The lowest BCUT2D eigenvalue weighted by atomic mass is 10.1. The fraction of sp³-hybridized carbons (Fsp3) is 0.160. The molecule has 0 saturated carbocycles. The highest BCUT2D eigenvalue weighted by molar-refractivity contribution is 6.06.